The summed E-state index contributed by atoms with van der Waals surface area (Å²) < 4.78 is 32.7. The van der Waals surface area contributed by atoms with Gasteiger partial charge in [-0.3, -0.25) is 23.4 Å². The van der Waals surface area contributed by atoms with E-state index in [4.69, 9.17) is 24.3 Å². The van der Waals surface area contributed by atoms with Gasteiger partial charge in [-0.2, -0.15) is 0 Å². The Kier molecular flexibility index (Phi) is 32.3. The van der Waals surface area contributed by atoms with E-state index < -0.39 is 50.6 Å². The predicted molar refractivity (Wildman–Crippen MR) is 230 cm³/mol. The molecule has 0 aromatic heterocycles. The highest BCUT2D eigenvalue weighted by molar-refractivity contribution is 7.47. The Morgan fingerprint density at radius 2 is 1.40 bits per heavy atom. The van der Waals surface area contributed by atoms with Crippen LogP contribution in [0.4, 0.5) is 0 Å². The lowest BCUT2D eigenvalue weighted by molar-refractivity contribution is -0.161. The standard InChI is InChI=1S/C45H76NO11P/c1-3-5-7-8-9-10-11-12-13-14-15-16-17-18-19-20-25-29-44(50)54-36-39(37-56-58(52,53)55-34-33-46)57-45(51)30-26-22-21-24-28-40-41(43(49)35-42(40)48)32-31-38(47)27-23-6-4-2/h9-10,12-13,15-16,18-19,31-32,38-42,47-48H,3-8,11,14,17,20-30,33-37,46H2,1-2H3,(H,52,53)/b10-9-,13-12-,16-15-,19-18-,32-31+/t38-,39+,40+,41+,42-/m0/s1. The second kappa shape index (κ2) is 35.1. The third-order valence-electron chi connectivity index (χ3n) is 9.78. The Labute approximate surface area is 349 Å². The first-order valence-corrected chi connectivity index (χ1v) is 23.4. The fourth-order valence-electron chi connectivity index (χ4n) is 6.47. The van der Waals surface area contributed by atoms with Crippen LogP contribution in [-0.4, -0.2) is 77.5 Å². The van der Waals surface area contributed by atoms with Gasteiger partial charge in [-0.05, 0) is 70.1 Å². The highest BCUT2D eigenvalue weighted by Crippen LogP contribution is 2.43. The molecule has 13 heteroatoms. The molecule has 12 nitrogen and oxygen atoms in total. The topological polar surface area (TPSA) is 192 Å². The molecule has 1 fully saturated rings. The summed E-state index contributed by atoms with van der Waals surface area (Å²) in [6.07, 6.45) is 34.5. The van der Waals surface area contributed by atoms with Gasteiger partial charge in [-0.25, -0.2) is 4.57 Å². The van der Waals surface area contributed by atoms with Crippen molar-refractivity contribution in [2.45, 2.75) is 167 Å². The fourth-order valence-corrected chi connectivity index (χ4v) is 7.24. The summed E-state index contributed by atoms with van der Waals surface area (Å²) in [7, 11) is -4.46. The number of carbonyl (C=O) groups excluding carboxylic acids is 3. The SMILES string of the molecule is CCCCC/C=C\C/C=C\C/C=C\C/C=C\CCCC(=O)OC[C@H](COP(=O)(O)OCCN)OC(=O)CCCCCC[C@H]1[C@@H](O)CC(=O)[C@@H]1/C=C/[C@@H](O)CCCCC. The minimum atomic E-state index is -4.46. The van der Waals surface area contributed by atoms with Crippen molar-refractivity contribution in [1.29, 1.82) is 0 Å². The molecule has 0 radical (unpaired) electrons. The summed E-state index contributed by atoms with van der Waals surface area (Å²) >= 11 is 0. The normalized spacial score (nSPS) is 19.6. The number of hydrogen-bond acceptors (Lipinski definition) is 11. The van der Waals surface area contributed by atoms with Crippen molar-refractivity contribution in [3.8, 4) is 0 Å². The second-order valence-electron chi connectivity index (χ2n) is 15.0. The van der Waals surface area contributed by atoms with Crippen LogP contribution >= 0.6 is 7.82 Å². The number of hydrogen-bond donors (Lipinski definition) is 4. The smallest absolute Gasteiger partial charge is 0.462 e. The van der Waals surface area contributed by atoms with Crippen LogP contribution < -0.4 is 5.73 Å². The molecule has 1 aliphatic rings. The maximum atomic E-state index is 12.7. The molecule has 1 unspecified atom stereocenters. The number of Topliss-reactive ketones (excluding diaryl/α,β-unsaturated/α-hetero) is 1. The third-order valence-corrected chi connectivity index (χ3v) is 10.8. The van der Waals surface area contributed by atoms with Crippen molar-refractivity contribution in [3.05, 3.63) is 60.8 Å². The van der Waals surface area contributed by atoms with E-state index in [-0.39, 0.29) is 50.7 Å². The number of allylic oxidation sites excluding steroid dienone is 9. The molecule has 1 rings (SSSR count). The molecule has 5 N–H and O–H groups in total. The number of nitrogens with two attached hydrogens (primary N) is 1. The van der Waals surface area contributed by atoms with E-state index in [1.165, 1.54) is 19.3 Å². The van der Waals surface area contributed by atoms with E-state index in [1.54, 1.807) is 12.2 Å². The van der Waals surface area contributed by atoms with Crippen molar-refractivity contribution >= 4 is 25.5 Å². The van der Waals surface area contributed by atoms with E-state index in [0.29, 0.717) is 38.5 Å². The first-order valence-electron chi connectivity index (χ1n) is 21.9. The van der Waals surface area contributed by atoms with Crippen LogP contribution in [0.25, 0.3) is 0 Å². The number of carbonyl (C=O) groups is 3. The van der Waals surface area contributed by atoms with Gasteiger partial charge in [0, 0.05) is 31.7 Å². The Morgan fingerprint density at radius 3 is 2.05 bits per heavy atom. The lowest BCUT2D eigenvalue weighted by atomic mass is 9.88. The minimum absolute atomic E-state index is 0.00527. The monoisotopic (exact) mass is 838 g/mol. The summed E-state index contributed by atoms with van der Waals surface area (Å²) in [5.74, 6) is -1.67. The Morgan fingerprint density at radius 1 is 0.793 bits per heavy atom. The van der Waals surface area contributed by atoms with Crippen molar-refractivity contribution in [1.82, 2.24) is 0 Å². The Bertz CT molecular complexity index is 1300. The number of esters is 2. The molecule has 6 atom stereocenters. The second-order valence-corrected chi connectivity index (χ2v) is 16.4. The fraction of sp³-hybridized carbons (Fsp3) is 0.711. The van der Waals surface area contributed by atoms with E-state index >= 15 is 0 Å². The molecule has 0 bridgehead atoms. The molecule has 0 aliphatic heterocycles. The van der Waals surface area contributed by atoms with Crippen LogP contribution in [0.1, 0.15) is 149 Å². The minimum Gasteiger partial charge on any atom is -0.462 e. The van der Waals surface area contributed by atoms with Crippen molar-refractivity contribution in [3.63, 3.8) is 0 Å². The van der Waals surface area contributed by atoms with Crippen molar-refractivity contribution in [2.75, 3.05) is 26.4 Å². The molecule has 0 aromatic rings. The van der Waals surface area contributed by atoms with Gasteiger partial charge in [0.05, 0.1) is 25.4 Å². The number of rotatable bonds is 36. The molecule has 332 valence electrons. The van der Waals surface area contributed by atoms with Crippen LogP contribution in [0, 0.1) is 11.8 Å². The predicted octanol–water partition coefficient (Wildman–Crippen LogP) is 9.08. The Hall–Kier alpha value is -2.70. The van der Waals surface area contributed by atoms with E-state index in [0.717, 1.165) is 57.8 Å². The first kappa shape index (κ1) is 53.3. The average Bonchev–Trinajstić information content (AvgIpc) is 3.47. The number of phosphoric acid groups is 1. The number of aliphatic hydroxyl groups excluding tert-OH is 2. The van der Waals surface area contributed by atoms with Gasteiger partial charge in [-0.15, -0.1) is 0 Å². The summed E-state index contributed by atoms with van der Waals surface area (Å²) in [5, 5.41) is 20.8. The number of unbranched alkanes of at least 4 members (excludes halogenated alkanes) is 9. The summed E-state index contributed by atoms with van der Waals surface area (Å²) in [6.45, 7) is 3.25. The first-order chi connectivity index (χ1) is 28.0. The van der Waals surface area contributed by atoms with Gasteiger partial charge >= 0.3 is 19.8 Å². The zero-order valence-electron chi connectivity index (χ0n) is 35.5. The molecule has 1 aliphatic carbocycles. The zero-order chi connectivity index (χ0) is 42.7. The molecule has 1 saturated carbocycles. The van der Waals surface area contributed by atoms with E-state index in [2.05, 4.69) is 56.4 Å². The maximum Gasteiger partial charge on any atom is 0.472 e. The number of ether oxygens (including phenoxy) is 2. The number of phosphoric ester groups is 1. The van der Waals surface area contributed by atoms with Crippen molar-refractivity contribution < 1.29 is 52.6 Å². The van der Waals surface area contributed by atoms with Gasteiger partial charge in [0.2, 0.25) is 0 Å². The maximum absolute atomic E-state index is 12.7. The quantitative estimate of drug-likeness (QED) is 0.0203. The van der Waals surface area contributed by atoms with Gasteiger partial charge in [0.15, 0.2) is 6.10 Å². The molecule has 0 saturated heterocycles. The highest BCUT2D eigenvalue weighted by Gasteiger charge is 2.39. The van der Waals surface area contributed by atoms with Crippen LogP contribution in [0.2, 0.25) is 0 Å². The molecule has 0 heterocycles. The molecule has 58 heavy (non-hydrogen) atoms. The van der Waals surface area contributed by atoms with Crippen LogP contribution in [-0.2, 0) is 37.5 Å². The number of ketones is 1. The lowest BCUT2D eigenvalue weighted by Gasteiger charge is -2.20. The van der Waals surface area contributed by atoms with E-state index in [9.17, 15) is 34.1 Å². The van der Waals surface area contributed by atoms with Gasteiger partial charge < -0.3 is 30.3 Å². The lowest BCUT2D eigenvalue weighted by Crippen LogP contribution is -2.29. The van der Waals surface area contributed by atoms with Gasteiger partial charge in [-0.1, -0.05) is 126 Å². The molecule has 0 spiro atoms. The third kappa shape index (κ3) is 28.7. The van der Waals surface area contributed by atoms with Crippen molar-refractivity contribution in [2.24, 2.45) is 17.6 Å². The summed E-state index contributed by atoms with van der Waals surface area (Å²) in [6, 6.07) is 0. The summed E-state index contributed by atoms with van der Waals surface area (Å²) in [5.41, 5.74) is 5.34. The Balaban J connectivity index is 2.42. The average molecular weight is 838 g/mol. The van der Waals surface area contributed by atoms with E-state index in [1.807, 2.05) is 6.08 Å². The largest absolute Gasteiger partial charge is 0.472 e. The van der Waals surface area contributed by atoms with Crippen LogP contribution in [0.5, 0.6) is 0 Å². The molecule has 0 aromatic carbocycles. The highest BCUT2D eigenvalue weighted by atomic mass is 31.2. The van der Waals surface area contributed by atoms with Gasteiger partial charge in [0.25, 0.3) is 0 Å². The van der Waals surface area contributed by atoms with Crippen LogP contribution in [0.15, 0.2) is 60.8 Å². The van der Waals surface area contributed by atoms with Gasteiger partial charge in [0.1, 0.15) is 12.4 Å². The molecular formula is C45H76NO11P. The molecule has 0 amide bonds. The number of aliphatic hydroxyl groups is 2. The van der Waals surface area contributed by atoms with Crippen LogP contribution in [0.3, 0.4) is 0 Å². The summed E-state index contributed by atoms with van der Waals surface area (Å²) in [4.78, 5) is 47.6. The zero-order valence-corrected chi connectivity index (χ0v) is 36.4. The molecular weight excluding hydrogens is 761 g/mol.